The van der Waals surface area contributed by atoms with E-state index in [9.17, 15) is 0 Å². The molecule has 0 atom stereocenters. The van der Waals surface area contributed by atoms with Crippen molar-refractivity contribution < 1.29 is 0 Å². The molecule has 0 amide bonds. The largest absolute Gasteiger partial charge is 0.0616 e. The maximum Gasteiger partial charge on any atom is -0.00260 e. The summed E-state index contributed by atoms with van der Waals surface area (Å²) in [4.78, 5) is 0. The molecule has 0 bridgehead atoms. The maximum absolute atomic E-state index is 2.48. The second-order valence-electron chi connectivity index (χ2n) is 15.2. The lowest BCUT2D eigenvalue weighted by Gasteiger charge is -2.24. The number of hydrogen-bond donors (Lipinski definition) is 0. The standard InChI is InChI=1S/C49H40/c1-30(2)31-18-20-43-45(28-31)47(38-16-14-36-22-32-10-6-8-12-34(32)24-40(36)26-38)44-21-19-42(49(3,4)5)29-46(44)48(43)39-17-15-37-23-33-11-7-9-13-35(33)25-41(37)27-39/h6-30H,1-5H3. The second-order valence-corrected chi connectivity index (χ2v) is 15.2. The van der Waals surface area contributed by atoms with Crippen LogP contribution in [0, 0.1) is 0 Å². The highest BCUT2D eigenvalue weighted by molar-refractivity contribution is 6.22. The number of benzene rings is 9. The molecule has 0 heterocycles. The molecule has 0 nitrogen and oxygen atoms in total. The average Bonchev–Trinajstić information content (AvgIpc) is 3.10. The molecular formula is C49H40. The summed E-state index contributed by atoms with van der Waals surface area (Å²) >= 11 is 0. The Balaban J connectivity index is 1.40. The molecule has 9 aromatic carbocycles. The van der Waals surface area contributed by atoms with E-state index >= 15 is 0 Å². The molecule has 0 fully saturated rings. The molecular weight excluding hydrogens is 589 g/mol. The van der Waals surface area contributed by atoms with E-state index < -0.39 is 0 Å². The molecule has 0 saturated heterocycles. The summed E-state index contributed by atoms with van der Waals surface area (Å²) in [5.74, 6) is 0.427. The predicted molar refractivity (Wildman–Crippen MR) is 215 cm³/mol. The normalized spacial score (nSPS) is 12.4. The van der Waals surface area contributed by atoms with Gasteiger partial charge < -0.3 is 0 Å². The van der Waals surface area contributed by atoms with Gasteiger partial charge in [-0.05, 0) is 152 Å². The van der Waals surface area contributed by atoms with Crippen LogP contribution in [0.5, 0.6) is 0 Å². The zero-order valence-corrected chi connectivity index (χ0v) is 28.9. The van der Waals surface area contributed by atoms with Gasteiger partial charge in [0.2, 0.25) is 0 Å². The number of rotatable bonds is 3. The Labute approximate surface area is 288 Å². The van der Waals surface area contributed by atoms with Crippen LogP contribution in [-0.4, -0.2) is 0 Å². The smallest absolute Gasteiger partial charge is 0.00260 e. The lowest BCUT2D eigenvalue weighted by molar-refractivity contribution is 0.591. The first-order chi connectivity index (χ1) is 23.7. The van der Waals surface area contributed by atoms with Gasteiger partial charge in [0.05, 0.1) is 0 Å². The topological polar surface area (TPSA) is 0 Å². The minimum Gasteiger partial charge on any atom is -0.0616 e. The van der Waals surface area contributed by atoms with Crippen molar-refractivity contribution in [2.24, 2.45) is 0 Å². The molecule has 0 aliphatic rings. The third-order valence-electron chi connectivity index (χ3n) is 10.7. The van der Waals surface area contributed by atoms with Crippen molar-refractivity contribution in [3.05, 3.63) is 157 Å². The van der Waals surface area contributed by atoms with Crippen molar-refractivity contribution >= 4 is 64.6 Å². The van der Waals surface area contributed by atoms with E-state index in [0.29, 0.717) is 5.92 Å². The summed E-state index contributed by atoms with van der Waals surface area (Å²) in [5.41, 5.74) is 7.89. The van der Waals surface area contributed by atoms with Gasteiger partial charge in [0.1, 0.15) is 0 Å². The van der Waals surface area contributed by atoms with Crippen LogP contribution >= 0.6 is 0 Å². The van der Waals surface area contributed by atoms with Crippen molar-refractivity contribution in [1.82, 2.24) is 0 Å². The fraction of sp³-hybridized carbons (Fsp3) is 0.143. The minimum atomic E-state index is 0.0222. The lowest BCUT2D eigenvalue weighted by Crippen LogP contribution is -2.10. The summed E-state index contributed by atoms with van der Waals surface area (Å²) in [6.45, 7) is 11.6. The Morgan fingerprint density at radius 3 is 1.27 bits per heavy atom. The van der Waals surface area contributed by atoms with Crippen molar-refractivity contribution in [2.45, 2.75) is 46.0 Å². The molecule has 0 saturated carbocycles. The van der Waals surface area contributed by atoms with Crippen LogP contribution in [0.1, 0.15) is 51.7 Å². The van der Waals surface area contributed by atoms with Gasteiger partial charge in [-0.25, -0.2) is 0 Å². The van der Waals surface area contributed by atoms with Crippen molar-refractivity contribution in [3.63, 3.8) is 0 Å². The van der Waals surface area contributed by atoms with Crippen LogP contribution in [0.15, 0.2) is 146 Å². The number of fused-ring (bicyclic) bond motifs is 6. The molecule has 0 unspecified atom stereocenters. The highest BCUT2D eigenvalue weighted by Crippen LogP contribution is 2.46. The monoisotopic (exact) mass is 628 g/mol. The number of hydrogen-bond acceptors (Lipinski definition) is 0. The highest BCUT2D eigenvalue weighted by atomic mass is 14.2. The summed E-state index contributed by atoms with van der Waals surface area (Å²) in [6.07, 6.45) is 0. The lowest BCUT2D eigenvalue weighted by atomic mass is 9.80. The summed E-state index contributed by atoms with van der Waals surface area (Å²) < 4.78 is 0. The van der Waals surface area contributed by atoms with Crippen molar-refractivity contribution in [1.29, 1.82) is 0 Å². The average molecular weight is 629 g/mol. The van der Waals surface area contributed by atoms with Crippen LogP contribution in [0.4, 0.5) is 0 Å². The first-order valence-corrected chi connectivity index (χ1v) is 17.6. The quantitative estimate of drug-likeness (QED) is 0.171. The van der Waals surface area contributed by atoms with Gasteiger partial charge in [-0.1, -0.05) is 138 Å². The van der Waals surface area contributed by atoms with Gasteiger partial charge in [0.25, 0.3) is 0 Å². The molecule has 236 valence electrons. The van der Waals surface area contributed by atoms with Gasteiger partial charge >= 0.3 is 0 Å². The molecule has 9 aromatic rings. The summed E-state index contributed by atoms with van der Waals surface area (Å²) in [7, 11) is 0. The second kappa shape index (κ2) is 11.0. The van der Waals surface area contributed by atoms with Crippen molar-refractivity contribution in [3.8, 4) is 22.3 Å². The maximum atomic E-state index is 2.48. The molecule has 0 N–H and O–H groups in total. The Morgan fingerprint density at radius 1 is 0.367 bits per heavy atom. The SMILES string of the molecule is CC(C)c1ccc2c(-c3ccc4cc5ccccc5cc4c3)c3cc(C(C)(C)C)ccc3c(-c3ccc4cc5ccccc5cc4c3)c2c1. The Bertz CT molecular complexity index is 2770. The zero-order chi connectivity index (χ0) is 33.4. The molecule has 0 aromatic heterocycles. The van der Waals surface area contributed by atoms with Gasteiger partial charge in [0, 0.05) is 0 Å². The molecule has 0 spiro atoms. The summed E-state index contributed by atoms with van der Waals surface area (Å²) in [6, 6.07) is 55.3. The third kappa shape index (κ3) is 4.98. The van der Waals surface area contributed by atoms with Crippen LogP contribution < -0.4 is 0 Å². The van der Waals surface area contributed by atoms with E-state index in [0.717, 1.165) is 0 Å². The Kier molecular flexibility index (Phi) is 6.68. The Morgan fingerprint density at radius 2 is 0.796 bits per heavy atom. The van der Waals surface area contributed by atoms with E-state index in [1.54, 1.807) is 0 Å². The fourth-order valence-corrected chi connectivity index (χ4v) is 7.88. The van der Waals surface area contributed by atoms with E-state index in [2.05, 4.69) is 180 Å². The van der Waals surface area contributed by atoms with E-state index in [4.69, 9.17) is 0 Å². The van der Waals surface area contributed by atoms with Gasteiger partial charge in [-0.2, -0.15) is 0 Å². The zero-order valence-electron chi connectivity index (χ0n) is 28.9. The van der Waals surface area contributed by atoms with E-state index in [-0.39, 0.29) is 5.41 Å². The molecule has 0 aliphatic heterocycles. The van der Waals surface area contributed by atoms with Crippen LogP contribution in [0.3, 0.4) is 0 Å². The third-order valence-corrected chi connectivity index (χ3v) is 10.7. The van der Waals surface area contributed by atoms with E-state index in [1.807, 2.05) is 0 Å². The van der Waals surface area contributed by atoms with Crippen molar-refractivity contribution in [2.75, 3.05) is 0 Å². The molecule has 9 rings (SSSR count). The summed E-state index contributed by atoms with van der Waals surface area (Å²) in [5, 5.41) is 15.4. The predicted octanol–water partition coefficient (Wildman–Crippen LogP) is 14.4. The van der Waals surface area contributed by atoms with E-state index in [1.165, 1.54) is 98.0 Å². The van der Waals surface area contributed by atoms with Crippen LogP contribution in [0.25, 0.3) is 86.9 Å². The molecule has 0 heteroatoms. The van der Waals surface area contributed by atoms with Gasteiger partial charge in [-0.15, -0.1) is 0 Å². The first kappa shape index (κ1) is 29.7. The van der Waals surface area contributed by atoms with Crippen LogP contribution in [0.2, 0.25) is 0 Å². The van der Waals surface area contributed by atoms with Gasteiger partial charge in [-0.3, -0.25) is 0 Å². The van der Waals surface area contributed by atoms with Gasteiger partial charge in [0.15, 0.2) is 0 Å². The first-order valence-electron chi connectivity index (χ1n) is 17.6. The fourth-order valence-electron chi connectivity index (χ4n) is 7.88. The minimum absolute atomic E-state index is 0.0222. The highest BCUT2D eigenvalue weighted by Gasteiger charge is 2.21. The molecule has 0 radical (unpaired) electrons. The Hall–Kier alpha value is -5.46. The molecule has 0 aliphatic carbocycles. The van der Waals surface area contributed by atoms with Crippen LogP contribution in [-0.2, 0) is 5.41 Å². The molecule has 49 heavy (non-hydrogen) atoms.